The van der Waals surface area contributed by atoms with Gasteiger partial charge < -0.3 is 14.5 Å². The van der Waals surface area contributed by atoms with E-state index in [0.717, 1.165) is 18.1 Å². The van der Waals surface area contributed by atoms with Crippen molar-refractivity contribution in [2.75, 3.05) is 7.11 Å². The van der Waals surface area contributed by atoms with Crippen LogP contribution in [0.4, 0.5) is 0 Å². The van der Waals surface area contributed by atoms with E-state index in [9.17, 15) is 0 Å². The molecule has 1 atom stereocenters. The van der Waals surface area contributed by atoms with E-state index in [4.69, 9.17) is 9.15 Å². The predicted octanol–water partition coefficient (Wildman–Crippen LogP) is 3.45. The number of benzene rings is 1. The minimum absolute atomic E-state index is 0.278. The summed E-state index contributed by atoms with van der Waals surface area (Å²) in [6, 6.07) is 10.4. The molecular weight excluding hydrogens is 226 g/mol. The molecule has 1 aromatic carbocycles. The van der Waals surface area contributed by atoms with Crippen LogP contribution in [-0.4, -0.2) is 7.11 Å². The van der Waals surface area contributed by atoms with Crippen LogP contribution < -0.4 is 10.1 Å². The van der Waals surface area contributed by atoms with Crippen molar-refractivity contribution in [1.29, 1.82) is 0 Å². The van der Waals surface area contributed by atoms with Crippen LogP contribution in [0.1, 0.15) is 29.9 Å². The summed E-state index contributed by atoms with van der Waals surface area (Å²) in [4.78, 5) is 0. The highest BCUT2D eigenvalue weighted by atomic mass is 16.5. The zero-order chi connectivity index (χ0) is 13.0. The number of hydrogen-bond acceptors (Lipinski definition) is 3. The molecule has 0 amide bonds. The lowest BCUT2D eigenvalue weighted by Crippen LogP contribution is -2.18. The molecule has 1 aromatic heterocycles. The molecule has 0 bridgehead atoms. The summed E-state index contributed by atoms with van der Waals surface area (Å²) in [6.07, 6.45) is 1.73. The Morgan fingerprint density at radius 3 is 2.50 bits per heavy atom. The second-order valence-electron chi connectivity index (χ2n) is 4.40. The Morgan fingerprint density at radius 1 is 1.22 bits per heavy atom. The van der Waals surface area contributed by atoms with Crippen LogP contribution in [-0.2, 0) is 6.54 Å². The molecule has 0 fully saturated rings. The third kappa shape index (κ3) is 2.93. The minimum atomic E-state index is 0.278. The van der Waals surface area contributed by atoms with Crippen molar-refractivity contribution in [3.05, 3.63) is 53.5 Å². The topological polar surface area (TPSA) is 34.4 Å². The molecule has 0 radical (unpaired) electrons. The summed E-state index contributed by atoms with van der Waals surface area (Å²) >= 11 is 0. The van der Waals surface area contributed by atoms with Crippen LogP contribution in [0.5, 0.6) is 5.75 Å². The van der Waals surface area contributed by atoms with E-state index in [1.807, 2.05) is 18.2 Å². The molecule has 3 heteroatoms. The maximum atomic E-state index is 5.40. The van der Waals surface area contributed by atoms with Crippen molar-refractivity contribution in [3.8, 4) is 5.75 Å². The molecule has 0 aliphatic rings. The summed E-state index contributed by atoms with van der Waals surface area (Å²) in [7, 11) is 1.68. The van der Waals surface area contributed by atoms with Gasteiger partial charge in [-0.25, -0.2) is 0 Å². The fourth-order valence-corrected chi connectivity index (χ4v) is 1.84. The summed E-state index contributed by atoms with van der Waals surface area (Å²) in [6.45, 7) is 4.94. The van der Waals surface area contributed by atoms with Gasteiger partial charge in [0.15, 0.2) is 0 Å². The lowest BCUT2D eigenvalue weighted by atomic mass is 10.1. The van der Waals surface area contributed by atoms with Gasteiger partial charge >= 0.3 is 0 Å². The first kappa shape index (κ1) is 12.7. The molecule has 1 heterocycles. The molecule has 3 nitrogen and oxygen atoms in total. The number of rotatable bonds is 5. The van der Waals surface area contributed by atoms with Crippen LogP contribution >= 0.6 is 0 Å². The van der Waals surface area contributed by atoms with E-state index in [-0.39, 0.29) is 6.04 Å². The van der Waals surface area contributed by atoms with E-state index in [1.54, 1.807) is 13.4 Å². The first-order valence-electron chi connectivity index (χ1n) is 6.11. The third-order valence-electron chi connectivity index (χ3n) is 3.15. The van der Waals surface area contributed by atoms with Gasteiger partial charge in [0.25, 0.3) is 0 Å². The van der Waals surface area contributed by atoms with Crippen LogP contribution in [0.25, 0.3) is 0 Å². The number of ether oxygens (including phenoxy) is 1. The van der Waals surface area contributed by atoms with E-state index in [0.29, 0.717) is 0 Å². The van der Waals surface area contributed by atoms with Crippen molar-refractivity contribution >= 4 is 0 Å². The van der Waals surface area contributed by atoms with Gasteiger partial charge in [0.1, 0.15) is 11.5 Å². The van der Waals surface area contributed by atoms with Crippen molar-refractivity contribution in [2.45, 2.75) is 26.4 Å². The average molecular weight is 245 g/mol. The summed E-state index contributed by atoms with van der Waals surface area (Å²) in [5, 5.41) is 3.45. The van der Waals surface area contributed by atoms with Crippen molar-refractivity contribution in [1.82, 2.24) is 5.32 Å². The molecule has 2 rings (SSSR count). The van der Waals surface area contributed by atoms with Crippen LogP contribution in [0.2, 0.25) is 0 Å². The molecule has 0 spiro atoms. The molecule has 18 heavy (non-hydrogen) atoms. The molecule has 0 saturated heterocycles. The van der Waals surface area contributed by atoms with Crippen LogP contribution in [0.15, 0.2) is 41.0 Å². The summed E-state index contributed by atoms with van der Waals surface area (Å²) in [5.74, 6) is 1.88. The number of methoxy groups -OCH3 is 1. The molecular formula is C15H19NO2. The highest BCUT2D eigenvalue weighted by Gasteiger charge is 2.07. The first-order chi connectivity index (χ1) is 8.70. The maximum Gasteiger partial charge on any atom is 0.120 e. The summed E-state index contributed by atoms with van der Waals surface area (Å²) in [5.41, 5.74) is 2.42. The Morgan fingerprint density at radius 2 is 1.94 bits per heavy atom. The number of aryl methyl sites for hydroxylation is 1. The van der Waals surface area contributed by atoms with Gasteiger partial charge in [-0.1, -0.05) is 12.1 Å². The standard InChI is InChI=1S/C15H19NO2/c1-11-8-9-18-15(11)10-16-12(2)13-4-6-14(17-3)7-5-13/h4-9,12,16H,10H2,1-3H3/t12-/m1/s1. The highest BCUT2D eigenvalue weighted by Crippen LogP contribution is 2.18. The Kier molecular flexibility index (Phi) is 4.05. The van der Waals surface area contributed by atoms with Gasteiger partial charge in [0, 0.05) is 6.04 Å². The second-order valence-corrected chi connectivity index (χ2v) is 4.40. The number of nitrogens with one attached hydrogen (secondary N) is 1. The van der Waals surface area contributed by atoms with Crippen LogP contribution in [0, 0.1) is 6.92 Å². The largest absolute Gasteiger partial charge is 0.497 e. The summed E-state index contributed by atoms with van der Waals surface area (Å²) < 4.78 is 10.6. The van der Waals surface area contributed by atoms with Crippen molar-refractivity contribution < 1.29 is 9.15 Å². The van der Waals surface area contributed by atoms with Gasteiger partial charge in [-0.2, -0.15) is 0 Å². The maximum absolute atomic E-state index is 5.40. The highest BCUT2D eigenvalue weighted by molar-refractivity contribution is 5.28. The van der Waals surface area contributed by atoms with Gasteiger partial charge in [-0.15, -0.1) is 0 Å². The van der Waals surface area contributed by atoms with Crippen molar-refractivity contribution in [2.24, 2.45) is 0 Å². The van der Waals surface area contributed by atoms with Crippen molar-refractivity contribution in [3.63, 3.8) is 0 Å². The Bertz CT molecular complexity index is 487. The quantitative estimate of drug-likeness (QED) is 0.876. The lowest BCUT2D eigenvalue weighted by Gasteiger charge is -2.14. The molecule has 96 valence electrons. The van der Waals surface area contributed by atoms with E-state index < -0.39 is 0 Å². The second kappa shape index (κ2) is 5.74. The molecule has 0 saturated carbocycles. The van der Waals surface area contributed by atoms with E-state index in [2.05, 4.69) is 31.3 Å². The Balaban J connectivity index is 1.94. The van der Waals surface area contributed by atoms with Gasteiger partial charge in [-0.05, 0) is 43.2 Å². The van der Waals surface area contributed by atoms with Gasteiger partial charge in [0.05, 0.1) is 19.9 Å². The zero-order valence-corrected chi connectivity index (χ0v) is 11.1. The smallest absolute Gasteiger partial charge is 0.120 e. The minimum Gasteiger partial charge on any atom is -0.497 e. The molecule has 0 unspecified atom stereocenters. The van der Waals surface area contributed by atoms with Gasteiger partial charge in [-0.3, -0.25) is 0 Å². The molecule has 1 N–H and O–H groups in total. The third-order valence-corrected chi connectivity index (χ3v) is 3.15. The zero-order valence-electron chi connectivity index (χ0n) is 11.1. The average Bonchev–Trinajstić information content (AvgIpc) is 2.81. The SMILES string of the molecule is COc1ccc([C@@H](C)NCc2occc2C)cc1. The lowest BCUT2D eigenvalue weighted by molar-refractivity contribution is 0.414. The molecule has 0 aliphatic carbocycles. The van der Waals surface area contributed by atoms with E-state index in [1.165, 1.54) is 11.1 Å². The number of furan rings is 1. The van der Waals surface area contributed by atoms with E-state index >= 15 is 0 Å². The predicted molar refractivity (Wildman–Crippen MR) is 71.7 cm³/mol. The molecule has 0 aliphatic heterocycles. The van der Waals surface area contributed by atoms with Crippen LogP contribution in [0.3, 0.4) is 0 Å². The fraction of sp³-hybridized carbons (Fsp3) is 0.333. The number of hydrogen-bond donors (Lipinski definition) is 1. The fourth-order valence-electron chi connectivity index (χ4n) is 1.84. The van der Waals surface area contributed by atoms with Gasteiger partial charge in [0.2, 0.25) is 0 Å². The monoisotopic (exact) mass is 245 g/mol. The Hall–Kier alpha value is -1.74. The molecule has 2 aromatic rings. The Labute approximate surface area is 108 Å². The normalized spacial score (nSPS) is 12.4. The first-order valence-corrected chi connectivity index (χ1v) is 6.11.